The smallest absolute Gasteiger partial charge is 0.230 e. The van der Waals surface area contributed by atoms with E-state index in [-0.39, 0.29) is 23.6 Å². The van der Waals surface area contributed by atoms with Crippen LogP contribution >= 0.6 is 0 Å². The van der Waals surface area contributed by atoms with Crippen molar-refractivity contribution >= 4 is 18.0 Å². The highest BCUT2D eigenvalue weighted by molar-refractivity contribution is 5.83. The second kappa shape index (κ2) is 11.3. The molecule has 40 heavy (non-hydrogen) atoms. The molecule has 0 radical (unpaired) electrons. The Morgan fingerprint density at radius 1 is 1.27 bits per heavy atom. The first-order valence-electron chi connectivity index (χ1n) is 13.9. The Bertz CT molecular complexity index is 1460. The van der Waals surface area contributed by atoms with Crippen molar-refractivity contribution in [2.75, 3.05) is 20.1 Å². The second-order valence-corrected chi connectivity index (χ2v) is 10.8. The summed E-state index contributed by atoms with van der Waals surface area (Å²) in [5.74, 6) is 1.79. The first kappa shape index (κ1) is 26.3. The number of aryl methyl sites for hydroxylation is 1. The summed E-state index contributed by atoms with van der Waals surface area (Å²) in [5.41, 5.74) is 5.31. The van der Waals surface area contributed by atoms with E-state index in [2.05, 4.69) is 30.5 Å². The Balaban J connectivity index is 1.16. The van der Waals surface area contributed by atoms with Gasteiger partial charge >= 0.3 is 0 Å². The molecule has 10 heteroatoms. The highest BCUT2D eigenvalue weighted by atomic mass is 19.1. The second-order valence-electron chi connectivity index (χ2n) is 10.8. The van der Waals surface area contributed by atoms with E-state index in [0.29, 0.717) is 49.6 Å². The number of nitrogens with zero attached hydrogens (tertiary/aromatic N) is 5. The number of aliphatic imine (C=N–C) groups is 1. The fourth-order valence-corrected chi connectivity index (χ4v) is 5.45. The lowest BCUT2D eigenvalue weighted by Gasteiger charge is -2.31. The van der Waals surface area contributed by atoms with Crippen LogP contribution in [-0.4, -0.2) is 53.2 Å². The molecule has 3 aromatic rings. The van der Waals surface area contributed by atoms with Crippen molar-refractivity contribution in [3.63, 3.8) is 0 Å². The van der Waals surface area contributed by atoms with E-state index in [1.54, 1.807) is 32.3 Å². The van der Waals surface area contributed by atoms with Crippen molar-refractivity contribution < 1.29 is 18.5 Å². The molecule has 0 saturated heterocycles. The molecule has 2 aromatic carbocycles. The summed E-state index contributed by atoms with van der Waals surface area (Å²) >= 11 is 0. The molecule has 1 amide bonds. The van der Waals surface area contributed by atoms with E-state index in [1.165, 1.54) is 11.6 Å². The predicted octanol–water partition coefficient (Wildman–Crippen LogP) is 4.40. The molecule has 1 N–H and O–H groups in total. The van der Waals surface area contributed by atoms with Crippen LogP contribution < -0.4 is 5.32 Å². The monoisotopic (exact) mass is 544 g/mol. The summed E-state index contributed by atoms with van der Waals surface area (Å²) in [7, 11) is 1.73. The van der Waals surface area contributed by atoms with Gasteiger partial charge in [0.25, 0.3) is 0 Å². The molecule has 6 rings (SSSR count). The van der Waals surface area contributed by atoms with E-state index in [0.717, 1.165) is 48.1 Å². The molecule has 0 spiro atoms. The highest BCUT2D eigenvalue weighted by Gasteiger charge is 2.47. The molecule has 2 aliphatic carbocycles. The predicted molar refractivity (Wildman–Crippen MR) is 148 cm³/mol. The minimum Gasteiger partial charge on any atom is -0.352 e. The van der Waals surface area contributed by atoms with Crippen molar-refractivity contribution in [3.05, 3.63) is 70.6 Å². The molecule has 208 valence electrons. The van der Waals surface area contributed by atoms with Crippen LogP contribution in [0.1, 0.15) is 53.6 Å². The number of benzene rings is 2. The number of carbonyl (C=O) groups excluding carboxylic acids is 1. The molecule has 2 heterocycles. The van der Waals surface area contributed by atoms with Crippen LogP contribution in [0.4, 0.5) is 4.39 Å². The lowest BCUT2D eigenvalue weighted by Crippen LogP contribution is -2.34. The molecule has 9 nitrogen and oxygen atoms in total. The van der Waals surface area contributed by atoms with Gasteiger partial charge in [-0.05, 0) is 72.6 Å². The average Bonchev–Trinajstić information content (AvgIpc) is 3.90. The van der Waals surface area contributed by atoms with Gasteiger partial charge in [-0.2, -0.15) is 4.98 Å². The van der Waals surface area contributed by atoms with Crippen LogP contribution in [-0.2, 0) is 29.1 Å². The van der Waals surface area contributed by atoms with E-state index >= 15 is 0 Å². The number of hydrogen-bond donors (Lipinski definition) is 1. The van der Waals surface area contributed by atoms with Gasteiger partial charge in [0.1, 0.15) is 5.82 Å². The van der Waals surface area contributed by atoms with E-state index in [1.807, 2.05) is 18.2 Å². The quantitative estimate of drug-likeness (QED) is 0.243. The molecule has 2 atom stereocenters. The topological polar surface area (TPSA) is 105 Å². The van der Waals surface area contributed by atoms with Crippen LogP contribution in [0.5, 0.6) is 0 Å². The van der Waals surface area contributed by atoms with Gasteiger partial charge in [0, 0.05) is 39.1 Å². The third-order valence-electron chi connectivity index (χ3n) is 7.87. The van der Waals surface area contributed by atoms with Crippen LogP contribution in [0, 0.1) is 24.6 Å². The maximum Gasteiger partial charge on any atom is 0.230 e. The summed E-state index contributed by atoms with van der Waals surface area (Å²) in [6.45, 7) is 4.35. The number of aromatic nitrogens is 2. The molecule has 1 aliphatic heterocycles. The first-order chi connectivity index (χ1) is 19.5. The minimum atomic E-state index is -0.257. The SMILES string of the molecule is CN=C(O/N=C/CN1CCc2c(-c3cccc(F)c3)ccc(CNC(=O)C3CC3c3nc(C)no3)c2C1)C1CC1. The number of fused-ring (bicyclic) bond motifs is 1. The van der Waals surface area contributed by atoms with Gasteiger partial charge in [-0.25, -0.2) is 4.39 Å². The summed E-state index contributed by atoms with van der Waals surface area (Å²) < 4.78 is 19.3. The number of nitrogens with one attached hydrogen (secondary N) is 1. The van der Waals surface area contributed by atoms with Gasteiger partial charge in [0.15, 0.2) is 5.82 Å². The normalized spacial score (nSPS) is 20.9. The van der Waals surface area contributed by atoms with Gasteiger partial charge in [-0.1, -0.05) is 34.6 Å². The Morgan fingerprint density at radius 3 is 2.90 bits per heavy atom. The molecule has 1 aromatic heterocycles. The largest absolute Gasteiger partial charge is 0.352 e. The molecular formula is C30H33FN6O3. The number of halogens is 1. The summed E-state index contributed by atoms with van der Waals surface area (Å²) in [4.78, 5) is 29.2. The van der Waals surface area contributed by atoms with Crippen molar-refractivity contribution in [2.45, 2.75) is 51.6 Å². The zero-order chi connectivity index (χ0) is 27.6. The van der Waals surface area contributed by atoms with Crippen molar-refractivity contribution in [3.8, 4) is 11.1 Å². The molecular weight excluding hydrogens is 511 g/mol. The Hall–Kier alpha value is -3.92. The number of carbonyl (C=O) groups is 1. The van der Waals surface area contributed by atoms with E-state index in [4.69, 9.17) is 9.36 Å². The van der Waals surface area contributed by atoms with Crippen LogP contribution in [0.25, 0.3) is 11.1 Å². The number of hydrogen-bond acceptors (Lipinski definition) is 8. The Labute approximate surface area is 232 Å². The molecule has 2 unspecified atom stereocenters. The van der Waals surface area contributed by atoms with Crippen LogP contribution in [0.15, 0.2) is 51.1 Å². The zero-order valence-electron chi connectivity index (χ0n) is 22.8. The highest BCUT2D eigenvalue weighted by Crippen LogP contribution is 2.47. The number of rotatable bonds is 9. The van der Waals surface area contributed by atoms with Crippen LogP contribution in [0.3, 0.4) is 0 Å². The zero-order valence-corrected chi connectivity index (χ0v) is 22.8. The number of amides is 1. The standard InChI is InChI=1S/C30H33FN6O3/c1-18-35-30(40-36-18)26-15-25(26)28(38)33-16-21-8-9-23(20-4-3-5-22(31)14-20)24-10-12-37(17-27(21)24)13-11-34-39-29(32-2)19-6-7-19/h3-5,8-9,11,14,19,25-26H,6-7,10,12-13,15-17H2,1-2H3,(H,33,38)/b32-29?,34-11+. The first-order valence-corrected chi connectivity index (χ1v) is 13.9. The molecule has 0 bridgehead atoms. The fraction of sp³-hybridized carbons (Fsp3) is 0.433. The lowest BCUT2D eigenvalue weighted by atomic mass is 9.87. The third kappa shape index (κ3) is 5.82. The van der Waals surface area contributed by atoms with Crippen LogP contribution in [0.2, 0.25) is 0 Å². The van der Waals surface area contributed by atoms with E-state index in [9.17, 15) is 9.18 Å². The van der Waals surface area contributed by atoms with Gasteiger partial charge in [-0.3, -0.25) is 14.7 Å². The number of oxime groups is 1. The van der Waals surface area contributed by atoms with Gasteiger partial charge in [-0.15, -0.1) is 0 Å². The Morgan fingerprint density at radius 2 is 2.15 bits per heavy atom. The Kier molecular flexibility index (Phi) is 7.42. The summed E-state index contributed by atoms with van der Waals surface area (Å²) in [5, 5.41) is 11.1. The molecule has 3 aliphatic rings. The maximum atomic E-state index is 14.1. The van der Waals surface area contributed by atoms with E-state index < -0.39 is 0 Å². The van der Waals surface area contributed by atoms with Gasteiger partial charge in [0.05, 0.1) is 18.1 Å². The fourth-order valence-electron chi connectivity index (χ4n) is 5.45. The third-order valence-corrected chi connectivity index (χ3v) is 7.87. The molecule has 2 fully saturated rings. The van der Waals surface area contributed by atoms with Gasteiger partial charge in [0.2, 0.25) is 17.7 Å². The minimum absolute atomic E-state index is 0.00943. The van der Waals surface area contributed by atoms with Crippen molar-refractivity contribution in [2.24, 2.45) is 22.0 Å². The maximum absolute atomic E-state index is 14.1. The summed E-state index contributed by atoms with van der Waals surface area (Å²) in [6, 6.07) is 10.8. The van der Waals surface area contributed by atoms with Gasteiger partial charge < -0.3 is 14.7 Å². The average molecular weight is 545 g/mol. The van der Waals surface area contributed by atoms with Crippen molar-refractivity contribution in [1.29, 1.82) is 0 Å². The van der Waals surface area contributed by atoms with Crippen molar-refractivity contribution in [1.82, 2.24) is 20.4 Å². The lowest BCUT2D eigenvalue weighted by molar-refractivity contribution is -0.122. The molecule has 2 saturated carbocycles. The summed E-state index contributed by atoms with van der Waals surface area (Å²) in [6.07, 6.45) is 5.52.